The van der Waals surface area contributed by atoms with Crippen molar-refractivity contribution in [3.05, 3.63) is 34.9 Å². The van der Waals surface area contributed by atoms with Crippen LogP contribution >= 0.6 is 0 Å². The topological polar surface area (TPSA) is 20.3 Å². The van der Waals surface area contributed by atoms with Crippen LogP contribution in [0.4, 0.5) is 0 Å². The Morgan fingerprint density at radius 2 is 2.14 bits per heavy atom. The van der Waals surface area contributed by atoms with E-state index in [-0.39, 0.29) is 0 Å². The lowest BCUT2D eigenvalue weighted by Crippen LogP contribution is -2.07. The lowest BCUT2D eigenvalue weighted by molar-refractivity contribution is -0.107. The molecule has 1 aromatic rings. The third-order valence-corrected chi connectivity index (χ3v) is 2.70. The van der Waals surface area contributed by atoms with E-state index >= 15 is 0 Å². The summed E-state index contributed by atoms with van der Waals surface area (Å²) in [4.78, 5) is 12.6. The molecule has 2 nitrogen and oxygen atoms in total. The molecule has 74 valence electrons. The average molecular weight is 189 g/mol. The summed E-state index contributed by atoms with van der Waals surface area (Å²) in [6, 6.07) is 6.57. The molecule has 0 bridgehead atoms. The molecule has 0 aromatic heterocycles. The zero-order chi connectivity index (χ0) is 9.97. The number of fused-ring (bicyclic) bond motifs is 1. The van der Waals surface area contributed by atoms with Gasteiger partial charge in [0.15, 0.2) is 0 Å². The van der Waals surface area contributed by atoms with Crippen LogP contribution in [0.3, 0.4) is 0 Å². The summed E-state index contributed by atoms with van der Waals surface area (Å²) in [5.74, 6) is 0. The van der Waals surface area contributed by atoms with E-state index in [0.29, 0.717) is 6.42 Å². The highest BCUT2D eigenvalue weighted by molar-refractivity contribution is 5.50. The Morgan fingerprint density at radius 1 is 1.36 bits per heavy atom. The van der Waals surface area contributed by atoms with Gasteiger partial charge in [-0.3, -0.25) is 4.90 Å². The molecule has 14 heavy (non-hydrogen) atoms. The molecule has 0 fully saturated rings. The van der Waals surface area contributed by atoms with Gasteiger partial charge in [0, 0.05) is 19.5 Å². The number of nitrogens with zero attached hydrogens (tertiary/aromatic N) is 1. The molecule has 1 heterocycles. The van der Waals surface area contributed by atoms with Crippen LogP contribution in [0, 0.1) is 0 Å². The van der Waals surface area contributed by atoms with Gasteiger partial charge in [-0.25, -0.2) is 0 Å². The molecule has 2 rings (SSSR count). The number of hydrogen-bond acceptors (Lipinski definition) is 2. The second-order valence-electron chi connectivity index (χ2n) is 3.98. The van der Waals surface area contributed by atoms with Crippen LogP contribution in [-0.2, 0) is 24.3 Å². The molecule has 0 saturated heterocycles. The molecule has 0 aliphatic carbocycles. The van der Waals surface area contributed by atoms with E-state index in [2.05, 4.69) is 30.1 Å². The van der Waals surface area contributed by atoms with Gasteiger partial charge in [-0.15, -0.1) is 0 Å². The first-order valence-corrected chi connectivity index (χ1v) is 5.02. The van der Waals surface area contributed by atoms with Crippen LogP contribution in [0.1, 0.15) is 23.1 Å². The van der Waals surface area contributed by atoms with Gasteiger partial charge >= 0.3 is 0 Å². The van der Waals surface area contributed by atoms with Crippen molar-refractivity contribution in [2.45, 2.75) is 25.9 Å². The minimum atomic E-state index is 0.634. The molecule has 0 unspecified atom stereocenters. The zero-order valence-corrected chi connectivity index (χ0v) is 8.49. The van der Waals surface area contributed by atoms with Gasteiger partial charge in [-0.05, 0) is 30.2 Å². The molecule has 0 amide bonds. The average Bonchev–Trinajstić information content (AvgIpc) is 2.54. The maximum atomic E-state index is 10.3. The van der Waals surface area contributed by atoms with Gasteiger partial charge in [-0.2, -0.15) is 0 Å². The lowest BCUT2D eigenvalue weighted by atomic mass is 10.0. The number of hydrogen-bond donors (Lipinski definition) is 0. The SMILES string of the molecule is CN1Cc2ccc(CCC=O)cc2C1. The van der Waals surface area contributed by atoms with E-state index in [9.17, 15) is 4.79 Å². The van der Waals surface area contributed by atoms with Gasteiger partial charge in [0.05, 0.1) is 0 Å². The maximum Gasteiger partial charge on any atom is 0.120 e. The quantitative estimate of drug-likeness (QED) is 0.675. The maximum absolute atomic E-state index is 10.3. The van der Waals surface area contributed by atoms with E-state index in [0.717, 1.165) is 25.8 Å². The summed E-state index contributed by atoms with van der Waals surface area (Å²) >= 11 is 0. The van der Waals surface area contributed by atoms with Crippen molar-refractivity contribution < 1.29 is 4.79 Å². The summed E-state index contributed by atoms with van der Waals surface area (Å²) in [6.07, 6.45) is 2.49. The van der Waals surface area contributed by atoms with Crippen molar-refractivity contribution in [3.8, 4) is 0 Å². The van der Waals surface area contributed by atoms with Crippen LogP contribution in [0.25, 0.3) is 0 Å². The fourth-order valence-corrected chi connectivity index (χ4v) is 2.00. The predicted octanol–water partition coefficient (Wildman–Crippen LogP) is 1.76. The number of carbonyl (C=O) groups is 1. The molecule has 0 atom stereocenters. The smallest absolute Gasteiger partial charge is 0.120 e. The Hall–Kier alpha value is -1.15. The van der Waals surface area contributed by atoms with Crippen molar-refractivity contribution in [3.63, 3.8) is 0 Å². The Kier molecular flexibility index (Phi) is 2.64. The van der Waals surface area contributed by atoms with Crippen molar-refractivity contribution in [2.24, 2.45) is 0 Å². The largest absolute Gasteiger partial charge is 0.303 e. The Labute approximate surface area is 84.5 Å². The molecular formula is C12H15NO. The summed E-state index contributed by atoms with van der Waals surface area (Å²) in [6.45, 7) is 2.10. The van der Waals surface area contributed by atoms with E-state index in [1.54, 1.807) is 0 Å². The van der Waals surface area contributed by atoms with E-state index in [1.165, 1.54) is 16.7 Å². The first kappa shape index (κ1) is 9.41. The highest BCUT2D eigenvalue weighted by Gasteiger charge is 2.14. The highest BCUT2D eigenvalue weighted by atomic mass is 16.1. The fraction of sp³-hybridized carbons (Fsp3) is 0.417. The van der Waals surface area contributed by atoms with Crippen molar-refractivity contribution in [2.75, 3.05) is 7.05 Å². The van der Waals surface area contributed by atoms with E-state index in [4.69, 9.17) is 0 Å². The van der Waals surface area contributed by atoms with Gasteiger partial charge in [0.1, 0.15) is 6.29 Å². The minimum absolute atomic E-state index is 0.634. The second-order valence-corrected chi connectivity index (χ2v) is 3.98. The summed E-state index contributed by atoms with van der Waals surface area (Å²) in [5.41, 5.74) is 4.14. The standard InChI is InChI=1S/C12H15NO/c1-13-8-11-5-4-10(3-2-6-14)7-12(11)9-13/h4-7H,2-3,8-9H2,1H3. The first-order valence-electron chi connectivity index (χ1n) is 5.02. The van der Waals surface area contributed by atoms with Crippen LogP contribution in [-0.4, -0.2) is 18.2 Å². The van der Waals surface area contributed by atoms with Crippen LogP contribution in [0.15, 0.2) is 18.2 Å². The van der Waals surface area contributed by atoms with Crippen LogP contribution in [0.2, 0.25) is 0 Å². The Balaban J connectivity index is 2.15. The van der Waals surface area contributed by atoms with Crippen molar-refractivity contribution in [1.29, 1.82) is 0 Å². The van der Waals surface area contributed by atoms with Gasteiger partial charge < -0.3 is 4.79 Å². The Bertz CT molecular complexity index is 346. The fourth-order valence-electron chi connectivity index (χ4n) is 2.00. The molecule has 1 aromatic carbocycles. The van der Waals surface area contributed by atoms with Gasteiger partial charge in [0.25, 0.3) is 0 Å². The predicted molar refractivity (Wildman–Crippen MR) is 56.0 cm³/mol. The van der Waals surface area contributed by atoms with Crippen LogP contribution < -0.4 is 0 Å². The normalized spacial score (nSPS) is 15.5. The van der Waals surface area contributed by atoms with Gasteiger partial charge in [0.2, 0.25) is 0 Å². The molecular weight excluding hydrogens is 174 g/mol. The zero-order valence-electron chi connectivity index (χ0n) is 8.49. The molecule has 1 aliphatic rings. The number of aryl methyl sites for hydroxylation is 1. The van der Waals surface area contributed by atoms with E-state index < -0.39 is 0 Å². The molecule has 1 aliphatic heterocycles. The number of aldehydes is 1. The first-order chi connectivity index (χ1) is 6.79. The number of rotatable bonds is 3. The lowest BCUT2D eigenvalue weighted by Gasteiger charge is -2.02. The molecule has 0 radical (unpaired) electrons. The summed E-state index contributed by atoms with van der Waals surface area (Å²) in [7, 11) is 2.13. The van der Waals surface area contributed by atoms with Gasteiger partial charge in [-0.1, -0.05) is 18.2 Å². The number of carbonyl (C=O) groups excluding carboxylic acids is 1. The third-order valence-electron chi connectivity index (χ3n) is 2.70. The molecule has 0 spiro atoms. The molecule has 0 saturated carbocycles. The molecule has 2 heteroatoms. The monoisotopic (exact) mass is 189 g/mol. The minimum Gasteiger partial charge on any atom is -0.303 e. The van der Waals surface area contributed by atoms with Crippen molar-refractivity contribution in [1.82, 2.24) is 4.90 Å². The summed E-state index contributed by atoms with van der Waals surface area (Å²) < 4.78 is 0. The second kappa shape index (κ2) is 3.93. The highest BCUT2D eigenvalue weighted by Crippen LogP contribution is 2.22. The van der Waals surface area contributed by atoms with E-state index in [1.807, 2.05) is 0 Å². The number of benzene rings is 1. The Morgan fingerprint density at radius 3 is 2.93 bits per heavy atom. The molecule has 0 N–H and O–H groups in total. The summed E-state index contributed by atoms with van der Waals surface area (Å²) in [5, 5.41) is 0. The van der Waals surface area contributed by atoms with Crippen molar-refractivity contribution >= 4 is 6.29 Å². The third kappa shape index (κ3) is 1.85. The van der Waals surface area contributed by atoms with Crippen LogP contribution in [0.5, 0.6) is 0 Å².